The lowest BCUT2D eigenvalue weighted by Crippen LogP contribution is -2.48. The monoisotopic (exact) mass is 386 g/mol. The minimum Gasteiger partial charge on any atom is -0.378 e. The van der Waals surface area contributed by atoms with E-state index in [-0.39, 0.29) is 5.91 Å². The van der Waals surface area contributed by atoms with Crippen molar-refractivity contribution in [2.24, 2.45) is 0 Å². The summed E-state index contributed by atoms with van der Waals surface area (Å²) in [6, 6.07) is 15.7. The highest BCUT2D eigenvalue weighted by molar-refractivity contribution is 6.30. The van der Waals surface area contributed by atoms with Gasteiger partial charge in [0.2, 0.25) is 0 Å². The molecule has 0 aromatic heterocycles. The Morgan fingerprint density at radius 2 is 1.63 bits per heavy atom. The second-order valence-electron chi connectivity index (χ2n) is 7.00. The van der Waals surface area contributed by atoms with E-state index >= 15 is 0 Å². The van der Waals surface area contributed by atoms with Gasteiger partial charge in [0.05, 0.1) is 0 Å². The average molecular weight is 387 g/mol. The van der Waals surface area contributed by atoms with Gasteiger partial charge in [-0.15, -0.1) is 0 Å². The SMILES string of the molecule is CN(C)c1ccc(C(=O)NCCN2CCN(c3ccc(Cl)cc3)CC2)cc1. The molecule has 1 saturated heterocycles. The van der Waals surface area contributed by atoms with Crippen molar-refractivity contribution < 1.29 is 4.79 Å². The van der Waals surface area contributed by atoms with Crippen LogP contribution < -0.4 is 15.1 Å². The third-order valence-corrected chi connectivity index (χ3v) is 5.18. The van der Waals surface area contributed by atoms with E-state index in [4.69, 9.17) is 11.6 Å². The van der Waals surface area contributed by atoms with E-state index in [0.717, 1.165) is 43.4 Å². The maximum atomic E-state index is 12.3. The number of rotatable bonds is 6. The third-order valence-electron chi connectivity index (χ3n) is 4.92. The summed E-state index contributed by atoms with van der Waals surface area (Å²) in [5, 5.41) is 3.79. The normalized spacial score (nSPS) is 14.9. The number of benzene rings is 2. The average Bonchev–Trinajstić information content (AvgIpc) is 2.69. The molecule has 1 heterocycles. The summed E-state index contributed by atoms with van der Waals surface area (Å²) in [5.74, 6) is -0.0138. The van der Waals surface area contributed by atoms with Crippen molar-refractivity contribution in [3.63, 3.8) is 0 Å². The van der Waals surface area contributed by atoms with Crippen molar-refractivity contribution in [1.82, 2.24) is 10.2 Å². The van der Waals surface area contributed by atoms with E-state index < -0.39 is 0 Å². The molecule has 5 nitrogen and oxygen atoms in total. The Morgan fingerprint density at radius 3 is 2.22 bits per heavy atom. The van der Waals surface area contributed by atoms with Crippen LogP contribution in [-0.2, 0) is 0 Å². The number of hydrogen-bond donors (Lipinski definition) is 1. The number of carbonyl (C=O) groups excluding carboxylic acids is 1. The smallest absolute Gasteiger partial charge is 0.251 e. The first-order chi connectivity index (χ1) is 13.0. The molecule has 0 bridgehead atoms. The summed E-state index contributed by atoms with van der Waals surface area (Å²) in [4.78, 5) is 19.1. The lowest BCUT2D eigenvalue weighted by Gasteiger charge is -2.36. The highest BCUT2D eigenvalue weighted by atomic mass is 35.5. The van der Waals surface area contributed by atoms with Gasteiger partial charge in [0.15, 0.2) is 0 Å². The van der Waals surface area contributed by atoms with Crippen LogP contribution >= 0.6 is 11.6 Å². The van der Waals surface area contributed by atoms with Crippen LogP contribution in [0.1, 0.15) is 10.4 Å². The number of carbonyl (C=O) groups is 1. The minimum absolute atomic E-state index is 0.0138. The topological polar surface area (TPSA) is 38.8 Å². The summed E-state index contributed by atoms with van der Waals surface area (Å²) in [6.45, 7) is 5.50. The molecule has 3 rings (SSSR count). The number of anilines is 2. The van der Waals surface area contributed by atoms with Gasteiger partial charge in [-0.1, -0.05) is 11.6 Å². The van der Waals surface area contributed by atoms with Gasteiger partial charge in [0.1, 0.15) is 0 Å². The predicted molar refractivity (Wildman–Crippen MR) is 113 cm³/mol. The molecule has 0 saturated carbocycles. The number of nitrogens with zero attached hydrogens (tertiary/aromatic N) is 3. The molecule has 1 N–H and O–H groups in total. The van der Waals surface area contributed by atoms with E-state index in [9.17, 15) is 4.79 Å². The lowest BCUT2D eigenvalue weighted by molar-refractivity contribution is 0.0948. The molecule has 0 radical (unpaired) electrons. The first kappa shape index (κ1) is 19.5. The molecule has 0 spiro atoms. The van der Waals surface area contributed by atoms with Gasteiger partial charge in [-0.25, -0.2) is 0 Å². The molecule has 1 amide bonds. The minimum atomic E-state index is -0.0138. The van der Waals surface area contributed by atoms with Gasteiger partial charge < -0.3 is 15.1 Å². The van der Waals surface area contributed by atoms with Crippen molar-refractivity contribution in [3.05, 3.63) is 59.1 Å². The van der Waals surface area contributed by atoms with Crippen LogP contribution in [0.25, 0.3) is 0 Å². The van der Waals surface area contributed by atoms with Crippen molar-refractivity contribution >= 4 is 28.9 Å². The Balaban J connectivity index is 1.40. The number of halogens is 1. The quantitative estimate of drug-likeness (QED) is 0.828. The molecule has 2 aromatic carbocycles. The van der Waals surface area contributed by atoms with Gasteiger partial charge in [-0.3, -0.25) is 9.69 Å². The molecule has 0 atom stereocenters. The van der Waals surface area contributed by atoms with Crippen molar-refractivity contribution in [2.75, 3.05) is 63.2 Å². The molecule has 1 fully saturated rings. The molecule has 27 heavy (non-hydrogen) atoms. The highest BCUT2D eigenvalue weighted by Gasteiger charge is 2.17. The third kappa shape index (κ3) is 5.37. The van der Waals surface area contributed by atoms with Crippen molar-refractivity contribution in [3.8, 4) is 0 Å². The largest absolute Gasteiger partial charge is 0.378 e. The van der Waals surface area contributed by atoms with Gasteiger partial charge in [0, 0.05) is 75.3 Å². The Morgan fingerprint density at radius 1 is 1.00 bits per heavy atom. The summed E-state index contributed by atoms with van der Waals surface area (Å²) in [6.07, 6.45) is 0. The van der Waals surface area contributed by atoms with E-state index in [1.54, 1.807) is 0 Å². The summed E-state index contributed by atoms with van der Waals surface area (Å²) < 4.78 is 0. The Hall–Kier alpha value is -2.24. The Labute approximate surface area is 166 Å². The zero-order valence-corrected chi connectivity index (χ0v) is 16.7. The maximum absolute atomic E-state index is 12.3. The number of nitrogens with one attached hydrogen (secondary N) is 1. The first-order valence-corrected chi connectivity index (χ1v) is 9.69. The molecular formula is C21H27ClN4O. The van der Waals surface area contributed by atoms with Crippen molar-refractivity contribution in [2.45, 2.75) is 0 Å². The number of piperazine rings is 1. The van der Waals surface area contributed by atoms with E-state index in [0.29, 0.717) is 12.1 Å². The fourth-order valence-corrected chi connectivity index (χ4v) is 3.35. The van der Waals surface area contributed by atoms with Crippen LogP contribution in [0.4, 0.5) is 11.4 Å². The summed E-state index contributed by atoms with van der Waals surface area (Å²) in [5.41, 5.74) is 3.01. The van der Waals surface area contributed by atoms with Crippen LogP contribution in [0.3, 0.4) is 0 Å². The van der Waals surface area contributed by atoms with E-state index in [2.05, 4.69) is 27.2 Å². The Bertz CT molecular complexity index is 738. The molecule has 6 heteroatoms. The molecule has 1 aliphatic heterocycles. The fourth-order valence-electron chi connectivity index (χ4n) is 3.22. The molecule has 144 valence electrons. The fraction of sp³-hybridized carbons (Fsp3) is 0.381. The Kier molecular flexibility index (Phi) is 6.58. The molecule has 0 aliphatic carbocycles. The standard InChI is InChI=1S/C21H27ClN4O/c1-24(2)19-7-3-17(4-8-19)21(27)23-11-12-25-13-15-26(16-14-25)20-9-5-18(22)6-10-20/h3-10H,11-16H2,1-2H3,(H,23,27). The van der Waals surface area contributed by atoms with E-state index in [1.807, 2.05) is 55.4 Å². The maximum Gasteiger partial charge on any atom is 0.251 e. The number of amides is 1. The molecule has 2 aromatic rings. The summed E-state index contributed by atoms with van der Waals surface area (Å²) in [7, 11) is 3.98. The van der Waals surface area contributed by atoms with Crippen LogP contribution in [0, 0.1) is 0 Å². The van der Waals surface area contributed by atoms with Crippen LogP contribution in [-0.4, -0.2) is 64.2 Å². The van der Waals surface area contributed by atoms with Crippen LogP contribution in [0.15, 0.2) is 48.5 Å². The van der Waals surface area contributed by atoms with E-state index in [1.165, 1.54) is 5.69 Å². The van der Waals surface area contributed by atoms with Gasteiger partial charge in [-0.05, 0) is 48.5 Å². The lowest BCUT2D eigenvalue weighted by atomic mass is 10.2. The van der Waals surface area contributed by atoms with Gasteiger partial charge in [-0.2, -0.15) is 0 Å². The highest BCUT2D eigenvalue weighted by Crippen LogP contribution is 2.19. The van der Waals surface area contributed by atoms with Crippen LogP contribution in [0.2, 0.25) is 5.02 Å². The van der Waals surface area contributed by atoms with Crippen LogP contribution in [0.5, 0.6) is 0 Å². The predicted octanol–water partition coefficient (Wildman–Crippen LogP) is 2.96. The molecular weight excluding hydrogens is 360 g/mol. The van der Waals surface area contributed by atoms with Gasteiger partial charge >= 0.3 is 0 Å². The second kappa shape index (κ2) is 9.11. The second-order valence-corrected chi connectivity index (χ2v) is 7.44. The van der Waals surface area contributed by atoms with Gasteiger partial charge in [0.25, 0.3) is 5.91 Å². The zero-order valence-electron chi connectivity index (χ0n) is 16.0. The van der Waals surface area contributed by atoms with Crippen molar-refractivity contribution in [1.29, 1.82) is 0 Å². The zero-order chi connectivity index (χ0) is 19.2. The number of hydrogen-bond acceptors (Lipinski definition) is 4. The summed E-state index contributed by atoms with van der Waals surface area (Å²) >= 11 is 5.96. The molecule has 1 aliphatic rings. The first-order valence-electron chi connectivity index (χ1n) is 9.31. The molecule has 0 unspecified atom stereocenters.